The molecule has 2 saturated heterocycles. The van der Waals surface area contributed by atoms with E-state index in [1.54, 1.807) is 29.2 Å². The molecule has 1 N–H and O–H groups in total. The number of rotatable bonds is 7. The quantitative estimate of drug-likeness (QED) is 0.498. The number of hydrogen-bond acceptors (Lipinski definition) is 6. The summed E-state index contributed by atoms with van der Waals surface area (Å²) in [6, 6.07) is 11.1. The molecular weight excluding hydrogens is 545 g/mol. The van der Waals surface area contributed by atoms with E-state index in [-0.39, 0.29) is 35.9 Å². The summed E-state index contributed by atoms with van der Waals surface area (Å²) in [5.74, 6) is -0.771. The molecule has 2 aromatic carbocycles. The van der Waals surface area contributed by atoms with Gasteiger partial charge in [-0.2, -0.15) is 13.2 Å². The monoisotopic (exact) mass is 574 g/mol. The highest BCUT2D eigenvalue weighted by molar-refractivity contribution is 8.18. The minimum absolute atomic E-state index is 0.0498. The average molecular weight is 575 g/mol. The summed E-state index contributed by atoms with van der Waals surface area (Å²) in [7, 11) is 0. The van der Waals surface area contributed by atoms with Crippen molar-refractivity contribution in [3.63, 3.8) is 0 Å². The van der Waals surface area contributed by atoms with E-state index in [0.29, 0.717) is 42.9 Å². The maximum Gasteiger partial charge on any atom is 0.416 e. The first-order valence-electron chi connectivity index (χ1n) is 12.7. The second-order valence-corrected chi connectivity index (χ2v) is 10.9. The average Bonchev–Trinajstić information content (AvgIpc) is 3.15. The van der Waals surface area contributed by atoms with Crippen molar-refractivity contribution in [1.82, 2.24) is 20.0 Å². The number of hydrogen-bond donors (Lipinski definition) is 1. The molecule has 2 aliphatic rings. The number of nitrogens with one attached hydrogen (secondary N) is 1. The lowest BCUT2D eigenvalue weighted by atomic mass is 10.1. The number of carbonyl (C=O) groups is 4. The molecule has 4 amide bonds. The van der Waals surface area contributed by atoms with Crippen LogP contribution in [0.2, 0.25) is 0 Å². The fourth-order valence-electron chi connectivity index (χ4n) is 4.39. The van der Waals surface area contributed by atoms with Crippen molar-refractivity contribution in [2.45, 2.75) is 32.6 Å². The molecule has 212 valence electrons. The summed E-state index contributed by atoms with van der Waals surface area (Å²) in [5, 5.41) is 2.33. The Balaban J connectivity index is 1.38. The van der Waals surface area contributed by atoms with E-state index in [0.717, 1.165) is 28.8 Å². The van der Waals surface area contributed by atoms with Gasteiger partial charge in [-0.3, -0.25) is 29.0 Å². The van der Waals surface area contributed by atoms with E-state index in [1.165, 1.54) is 18.2 Å². The Bertz CT molecular complexity index is 1320. The Hall–Kier alpha value is -3.64. The van der Waals surface area contributed by atoms with Crippen LogP contribution < -0.4 is 5.32 Å². The predicted molar refractivity (Wildman–Crippen MR) is 145 cm³/mol. The van der Waals surface area contributed by atoms with Gasteiger partial charge >= 0.3 is 6.18 Å². The zero-order valence-electron chi connectivity index (χ0n) is 22.0. The molecule has 2 fully saturated rings. The summed E-state index contributed by atoms with van der Waals surface area (Å²) < 4.78 is 38.4. The predicted octanol–water partition coefficient (Wildman–Crippen LogP) is 4.22. The second kappa shape index (κ2) is 12.3. The van der Waals surface area contributed by atoms with Gasteiger partial charge in [-0.25, -0.2) is 0 Å². The number of imide groups is 1. The minimum Gasteiger partial charge on any atom is -0.353 e. The van der Waals surface area contributed by atoms with Gasteiger partial charge in [0.1, 0.15) is 0 Å². The lowest BCUT2D eigenvalue weighted by Crippen LogP contribution is -2.51. The van der Waals surface area contributed by atoms with Crippen molar-refractivity contribution < 1.29 is 32.3 Å². The number of benzene rings is 2. The lowest BCUT2D eigenvalue weighted by molar-refractivity contribution is -0.137. The van der Waals surface area contributed by atoms with Gasteiger partial charge in [0.25, 0.3) is 17.1 Å². The van der Waals surface area contributed by atoms with Crippen LogP contribution in [0.1, 0.15) is 40.9 Å². The summed E-state index contributed by atoms with van der Waals surface area (Å²) in [4.78, 5) is 55.4. The smallest absolute Gasteiger partial charge is 0.353 e. The molecule has 40 heavy (non-hydrogen) atoms. The van der Waals surface area contributed by atoms with Crippen molar-refractivity contribution in [3.8, 4) is 0 Å². The number of carbonyl (C=O) groups excluding carboxylic acids is 4. The van der Waals surface area contributed by atoms with Gasteiger partial charge in [-0.15, -0.1) is 0 Å². The van der Waals surface area contributed by atoms with E-state index >= 15 is 0 Å². The Kier molecular flexibility index (Phi) is 8.99. The highest BCUT2D eigenvalue weighted by Gasteiger charge is 2.35. The van der Waals surface area contributed by atoms with Crippen molar-refractivity contribution >= 4 is 40.8 Å². The largest absolute Gasteiger partial charge is 0.416 e. The number of piperazine rings is 1. The van der Waals surface area contributed by atoms with Crippen molar-refractivity contribution in [2.75, 3.05) is 32.7 Å². The SMILES string of the molecule is CC(C)NC(=O)CN1CCN(C(=O)c2cccc(/C=C3\SC(=O)N(Cc4ccc(C(F)(F)F)cc4)C3=O)c2)CC1. The molecule has 2 aliphatic heterocycles. The van der Waals surface area contributed by atoms with E-state index in [1.807, 2.05) is 18.7 Å². The summed E-state index contributed by atoms with van der Waals surface area (Å²) in [5.41, 5.74) is 0.582. The van der Waals surface area contributed by atoms with E-state index < -0.39 is 22.9 Å². The summed E-state index contributed by atoms with van der Waals surface area (Å²) >= 11 is 0.739. The molecule has 0 atom stereocenters. The molecule has 8 nitrogen and oxygen atoms in total. The van der Waals surface area contributed by atoms with Gasteiger partial charge in [0.05, 0.1) is 23.6 Å². The van der Waals surface area contributed by atoms with Gasteiger partial charge in [-0.1, -0.05) is 24.3 Å². The van der Waals surface area contributed by atoms with Gasteiger partial charge in [-0.05, 0) is 67.1 Å². The fourth-order valence-corrected chi connectivity index (χ4v) is 5.23. The van der Waals surface area contributed by atoms with Crippen LogP contribution in [0.5, 0.6) is 0 Å². The first-order chi connectivity index (χ1) is 18.9. The molecule has 0 radical (unpaired) electrons. The molecule has 0 unspecified atom stereocenters. The third kappa shape index (κ3) is 7.30. The molecular formula is C28H29F3N4O4S. The van der Waals surface area contributed by atoms with Gasteiger partial charge in [0, 0.05) is 37.8 Å². The first-order valence-corrected chi connectivity index (χ1v) is 13.5. The van der Waals surface area contributed by atoms with Gasteiger partial charge in [0.2, 0.25) is 5.91 Å². The Morgan fingerprint density at radius 2 is 1.70 bits per heavy atom. The summed E-state index contributed by atoms with van der Waals surface area (Å²) in [6.07, 6.45) is -2.95. The zero-order valence-corrected chi connectivity index (χ0v) is 22.8. The molecule has 4 rings (SSSR count). The first kappa shape index (κ1) is 29.3. The molecule has 0 bridgehead atoms. The van der Waals surface area contributed by atoms with Crippen LogP contribution in [0, 0.1) is 0 Å². The van der Waals surface area contributed by atoms with Crippen LogP contribution in [0.4, 0.5) is 18.0 Å². The number of nitrogens with zero attached hydrogens (tertiary/aromatic N) is 3. The van der Waals surface area contributed by atoms with E-state index in [4.69, 9.17) is 0 Å². The van der Waals surface area contributed by atoms with Crippen molar-refractivity contribution in [1.29, 1.82) is 0 Å². The number of halogens is 3. The number of alkyl halides is 3. The maximum atomic E-state index is 13.1. The van der Waals surface area contributed by atoms with Crippen LogP contribution in [0.15, 0.2) is 53.4 Å². The highest BCUT2D eigenvalue weighted by atomic mass is 32.2. The van der Waals surface area contributed by atoms with Crippen LogP contribution in [0.3, 0.4) is 0 Å². The third-order valence-electron chi connectivity index (χ3n) is 6.40. The van der Waals surface area contributed by atoms with Crippen molar-refractivity contribution in [2.24, 2.45) is 0 Å². The van der Waals surface area contributed by atoms with E-state index in [2.05, 4.69) is 5.32 Å². The van der Waals surface area contributed by atoms with Crippen LogP contribution >= 0.6 is 11.8 Å². The number of amides is 4. The number of thioether (sulfide) groups is 1. The molecule has 2 heterocycles. The van der Waals surface area contributed by atoms with Gasteiger partial charge < -0.3 is 10.2 Å². The molecule has 12 heteroatoms. The standard InChI is InChI=1S/C28H29F3N4O4S/c1-18(2)32-24(36)17-33-10-12-34(13-11-33)25(37)21-5-3-4-20(14-21)15-23-26(38)35(27(39)40-23)16-19-6-8-22(9-7-19)28(29,30)31/h3-9,14-15,18H,10-13,16-17H2,1-2H3,(H,32,36)/b23-15-. The van der Waals surface area contributed by atoms with Crippen LogP contribution in [-0.2, 0) is 22.3 Å². The molecule has 2 aromatic rings. The third-order valence-corrected chi connectivity index (χ3v) is 7.31. The zero-order chi connectivity index (χ0) is 29.0. The molecule has 0 spiro atoms. The van der Waals surface area contributed by atoms with Crippen molar-refractivity contribution in [3.05, 3.63) is 75.7 Å². The molecule has 0 aliphatic carbocycles. The highest BCUT2D eigenvalue weighted by Crippen LogP contribution is 2.34. The van der Waals surface area contributed by atoms with Crippen LogP contribution in [-0.4, -0.2) is 76.4 Å². The summed E-state index contributed by atoms with van der Waals surface area (Å²) in [6.45, 7) is 6.02. The van der Waals surface area contributed by atoms with E-state index in [9.17, 15) is 32.3 Å². The molecule has 0 saturated carbocycles. The normalized spacial score (nSPS) is 17.7. The fraction of sp³-hybridized carbons (Fsp3) is 0.357. The second-order valence-electron chi connectivity index (χ2n) is 9.88. The minimum atomic E-state index is -4.47. The Morgan fingerprint density at radius 1 is 1.02 bits per heavy atom. The lowest BCUT2D eigenvalue weighted by Gasteiger charge is -2.34. The maximum absolute atomic E-state index is 13.1. The van der Waals surface area contributed by atoms with Gasteiger partial charge in [0.15, 0.2) is 0 Å². The topological polar surface area (TPSA) is 90.0 Å². The van der Waals surface area contributed by atoms with Crippen LogP contribution in [0.25, 0.3) is 6.08 Å². The Morgan fingerprint density at radius 3 is 2.33 bits per heavy atom. The molecule has 0 aromatic heterocycles. The Labute approximate surface area is 234 Å².